The molecule has 2 rings (SSSR count). The minimum atomic E-state index is -3.69. The van der Waals surface area contributed by atoms with Gasteiger partial charge in [0, 0.05) is 12.6 Å². The second-order valence-corrected chi connectivity index (χ2v) is 6.55. The summed E-state index contributed by atoms with van der Waals surface area (Å²) in [4.78, 5) is 2.31. The van der Waals surface area contributed by atoms with E-state index in [0.717, 1.165) is 25.1 Å². The largest absolute Gasteiger partial charge is 0.397 e. The first kappa shape index (κ1) is 14.1. The van der Waals surface area contributed by atoms with Crippen LogP contribution in [-0.4, -0.2) is 21.0 Å². The van der Waals surface area contributed by atoms with Crippen molar-refractivity contribution in [2.45, 2.75) is 43.5 Å². The molecule has 106 valence electrons. The van der Waals surface area contributed by atoms with Gasteiger partial charge in [0.05, 0.1) is 16.3 Å². The summed E-state index contributed by atoms with van der Waals surface area (Å²) in [6.07, 6.45) is 4.70. The smallest absolute Gasteiger partial charge is 0.238 e. The molecule has 0 unspecified atom stereocenters. The Morgan fingerprint density at radius 2 is 1.95 bits per heavy atom. The summed E-state index contributed by atoms with van der Waals surface area (Å²) in [5, 5.41) is 5.18. The summed E-state index contributed by atoms with van der Waals surface area (Å²) >= 11 is 0. The van der Waals surface area contributed by atoms with E-state index in [9.17, 15) is 8.42 Å². The van der Waals surface area contributed by atoms with Gasteiger partial charge in [-0.1, -0.05) is 12.8 Å². The maximum atomic E-state index is 11.4. The maximum Gasteiger partial charge on any atom is 0.238 e. The van der Waals surface area contributed by atoms with Gasteiger partial charge >= 0.3 is 0 Å². The van der Waals surface area contributed by atoms with Crippen LogP contribution in [0, 0.1) is 0 Å². The molecule has 0 aromatic heterocycles. The van der Waals surface area contributed by atoms with E-state index in [2.05, 4.69) is 11.8 Å². The number of sulfonamides is 1. The normalized spacial score (nSPS) is 16.7. The Bertz CT molecular complexity index is 551. The SMILES string of the molecule is CCN(c1cc(S(N)(=O)=O)ccc1N)C1CCCC1. The molecule has 19 heavy (non-hydrogen) atoms. The highest BCUT2D eigenvalue weighted by atomic mass is 32.2. The van der Waals surface area contributed by atoms with E-state index in [4.69, 9.17) is 10.9 Å². The quantitative estimate of drug-likeness (QED) is 0.823. The van der Waals surface area contributed by atoms with Gasteiger partial charge in [0.25, 0.3) is 0 Å². The molecule has 6 heteroatoms. The first-order valence-corrected chi connectivity index (χ1v) is 8.17. The summed E-state index contributed by atoms with van der Waals surface area (Å²) in [6.45, 7) is 2.87. The van der Waals surface area contributed by atoms with Gasteiger partial charge < -0.3 is 10.6 Å². The molecule has 1 aliphatic rings. The fourth-order valence-electron chi connectivity index (χ4n) is 2.79. The highest BCUT2D eigenvalue weighted by Crippen LogP contribution is 2.32. The minimum absolute atomic E-state index is 0.119. The number of hydrogen-bond donors (Lipinski definition) is 2. The highest BCUT2D eigenvalue weighted by Gasteiger charge is 2.24. The second kappa shape index (κ2) is 5.38. The molecular formula is C13H21N3O2S. The zero-order valence-electron chi connectivity index (χ0n) is 11.2. The summed E-state index contributed by atoms with van der Waals surface area (Å²) in [5.74, 6) is 0. The molecule has 4 N–H and O–H groups in total. The van der Waals surface area contributed by atoms with Gasteiger partial charge in [-0.3, -0.25) is 0 Å². The molecule has 1 aromatic rings. The number of rotatable bonds is 4. The van der Waals surface area contributed by atoms with Crippen molar-refractivity contribution in [3.8, 4) is 0 Å². The zero-order chi connectivity index (χ0) is 14.0. The van der Waals surface area contributed by atoms with Crippen LogP contribution in [0.25, 0.3) is 0 Å². The molecule has 0 amide bonds. The lowest BCUT2D eigenvalue weighted by molar-refractivity contribution is 0.597. The zero-order valence-corrected chi connectivity index (χ0v) is 12.0. The Balaban J connectivity index is 2.41. The molecule has 0 bridgehead atoms. The molecule has 1 aromatic carbocycles. The van der Waals surface area contributed by atoms with E-state index in [1.807, 2.05) is 0 Å². The van der Waals surface area contributed by atoms with Crippen molar-refractivity contribution in [3.05, 3.63) is 18.2 Å². The predicted octanol–water partition coefficient (Wildman–Crippen LogP) is 1.69. The van der Waals surface area contributed by atoms with Crippen LogP contribution < -0.4 is 15.8 Å². The third-order valence-electron chi connectivity index (χ3n) is 3.75. The lowest BCUT2D eigenvalue weighted by Crippen LogP contribution is -2.33. The number of hydrogen-bond acceptors (Lipinski definition) is 4. The first-order valence-electron chi connectivity index (χ1n) is 6.62. The van der Waals surface area contributed by atoms with Crippen LogP contribution >= 0.6 is 0 Å². The Hall–Kier alpha value is -1.27. The number of nitrogen functional groups attached to an aromatic ring is 1. The summed E-state index contributed by atoms with van der Waals surface area (Å²) in [6, 6.07) is 5.11. The topological polar surface area (TPSA) is 89.4 Å². The van der Waals surface area contributed by atoms with E-state index < -0.39 is 10.0 Å². The van der Waals surface area contributed by atoms with Crippen LogP contribution in [-0.2, 0) is 10.0 Å². The Labute approximate surface area is 114 Å². The molecule has 5 nitrogen and oxygen atoms in total. The summed E-state index contributed by atoms with van der Waals surface area (Å²) in [7, 11) is -3.69. The number of benzene rings is 1. The van der Waals surface area contributed by atoms with Crippen molar-refractivity contribution < 1.29 is 8.42 Å². The number of nitrogens with two attached hydrogens (primary N) is 2. The van der Waals surface area contributed by atoms with Crippen LogP contribution in [0.15, 0.2) is 23.1 Å². The Morgan fingerprint density at radius 3 is 2.47 bits per heavy atom. The number of nitrogens with zero attached hydrogens (tertiary/aromatic N) is 1. The van der Waals surface area contributed by atoms with Gasteiger partial charge in [0.1, 0.15) is 0 Å². The molecule has 0 aliphatic heterocycles. The standard InChI is InChI=1S/C13H21N3O2S/c1-2-16(10-5-3-4-6-10)13-9-11(19(15,17)18)7-8-12(13)14/h7-10H,2-6,14H2,1H3,(H2,15,17,18). The van der Waals surface area contributed by atoms with E-state index in [1.54, 1.807) is 12.1 Å². The molecule has 0 heterocycles. The van der Waals surface area contributed by atoms with Crippen molar-refractivity contribution in [3.63, 3.8) is 0 Å². The summed E-state index contributed by atoms with van der Waals surface area (Å²) in [5.41, 5.74) is 7.38. The van der Waals surface area contributed by atoms with Gasteiger partial charge in [0.2, 0.25) is 10.0 Å². The monoisotopic (exact) mass is 283 g/mol. The second-order valence-electron chi connectivity index (χ2n) is 4.99. The van der Waals surface area contributed by atoms with Gasteiger partial charge in [-0.05, 0) is 38.0 Å². The molecule has 0 radical (unpaired) electrons. The van der Waals surface area contributed by atoms with Gasteiger partial charge in [-0.2, -0.15) is 0 Å². The third kappa shape index (κ3) is 3.01. The van der Waals surface area contributed by atoms with Gasteiger partial charge in [0.15, 0.2) is 0 Å². The number of primary sulfonamides is 1. The number of anilines is 2. The highest BCUT2D eigenvalue weighted by molar-refractivity contribution is 7.89. The molecule has 1 aliphatic carbocycles. The van der Waals surface area contributed by atoms with Crippen LogP contribution in [0.5, 0.6) is 0 Å². The predicted molar refractivity (Wildman–Crippen MR) is 77.5 cm³/mol. The Morgan fingerprint density at radius 1 is 1.32 bits per heavy atom. The summed E-state index contributed by atoms with van der Waals surface area (Å²) < 4.78 is 22.9. The molecule has 0 atom stereocenters. The van der Waals surface area contributed by atoms with Gasteiger partial charge in [-0.15, -0.1) is 0 Å². The fraction of sp³-hybridized carbons (Fsp3) is 0.538. The van der Waals surface area contributed by atoms with Crippen LogP contribution in [0.1, 0.15) is 32.6 Å². The fourth-order valence-corrected chi connectivity index (χ4v) is 3.32. The first-order chi connectivity index (χ1) is 8.93. The van der Waals surface area contributed by atoms with Crippen molar-refractivity contribution in [1.29, 1.82) is 0 Å². The van der Waals surface area contributed by atoms with E-state index in [0.29, 0.717) is 11.7 Å². The molecule has 1 saturated carbocycles. The van der Waals surface area contributed by atoms with Crippen molar-refractivity contribution >= 4 is 21.4 Å². The van der Waals surface area contributed by atoms with Crippen LogP contribution in [0.4, 0.5) is 11.4 Å². The van der Waals surface area contributed by atoms with E-state index >= 15 is 0 Å². The van der Waals surface area contributed by atoms with Crippen molar-refractivity contribution in [1.82, 2.24) is 0 Å². The minimum Gasteiger partial charge on any atom is -0.397 e. The lowest BCUT2D eigenvalue weighted by Gasteiger charge is -2.31. The molecule has 0 saturated heterocycles. The van der Waals surface area contributed by atoms with Crippen LogP contribution in [0.2, 0.25) is 0 Å². The van der Waals surface area contributed by atoms with Crippen molar-refractivity contribution in [2.75, 3.05) is 17.2 Å². The van der Waals surface area contributed by atoms with Gasteiger partial charge in [-0.25, -0.2) is 13.6 Å². The molecule has 1 fully saturated rings. The molecule has 0 spiro atoms. The van der Waals surface area contributed by atoms with E-state index in [-0.39, 0.29) is 4.90 Å². The average molecular weight is 283 g/mol. The average Bonchev–Trinajstić information content (AvgIpc) is 2.84. The maximum absolute atomic E-state index is 11.4. The third-order valence-corrected chi connectivity index (χ3v) is 4.66. The van der Waals surface area contributed by atoms with Crippen molar-refractivity contribution in [2.24, 2.45) is 5.14 Å². The van der Waals surface area contributed by atoms with Crippen LogP contribution in [0.3, 0.4) is 0 Å². The lowest BCUT2D eigenvalue weighted by atomic mass is 10.1. The van der Waals surface area contributed by atoms with E-state index in [1.165, 1.54) is 18.9 Å². The Kier molecular flexibility index (Phi) is 4.01. The molecular weight excluding hydrogens is 262 g/mol.